The van der Waals surface area contributed by atoms with Crippen LogP contribution in [0.3, 0.4) is 0 Å². The van der Waals surface area contributed by atoms with Crippen molar-refractivity contribution in [2.24, 2.45) is 11.8 Å². The number of rotatable bonds is 4. The summed E-state index contributed by atoms with van der Waals surface area (Å²) in [5, 5.41) is 0. The Morgan fingerprint density at radius 2 is 1.52 bits per heavy atom. The second kappa shape index (κ2) is 8.21. The summed E-state index contributed by atoms with van der Waals surface area (Å²) in [6.45, 7) is 6.13. The largest absolute Gasteiger partial charge is 0.497 e. The van der Waals surface area contributed by atoms with Crippen LogP contribution >= 0.6 is 0 Å². The van der Waals surface area contributed by atoms with Crippen LogP contribution in [0.4, 0.5) is 0 Å². The number of likely N-dealkylation sites (tertiary alicyclic amines) is 1. The molecule has 0 N–H and O–H groups in total. The Bertz CT molecular complexity index is 798. The van der Waals surface area contributed by atoms with Crippen molar-refractivity contribution in [3.8, 4) is 5.75 Å². The molecule has 5 heteroatoms. The Balaban J connectivity index is 1.75. The zero-order valence-corrected chi connectivity index (χ0v) is 17.8. The number of piperidine rings is 1. The summed E-state index contributed by atoms with van der Waals surface area (Å²) < 4.78 is 5.28. The Hall–Kier alpha value is -2.30. The second-order valence-corrected chi connectivity index (χ2v) is 9.08. The highest BCUT2D eigenvalue weighted by molar-refractivity contribution is 6.35. The van der Waals surface area contributed by atoms with Crippen molar-refractivity contribution in [1.29, 1.82) is 0 Å². The number of carbonyl (C=O) groups excluding carboxylic acids is 2. The first-order valence-electron chi connectivity index (χ1n) is 11.0. The number of ether oxygens (including phenoxy) is 1. The molecule has 2 aliphatic heterocycles. The molecule has 29 heavy (non-hydrogen) atoms. The Kier molecular flexibility index (Phi) is 5.66. The number of imide groups is 1. The standard InChI is InChI=1S/C24H32N2O3/c1-16-13-17(2)15-25(14-16)22-21(18-9-11-20(29-3)12-10-18)23(27)26(24(22)28)19-7-5-4-6-8-19/h9-12,16-17,19H,4-8,13-15H2,1-3H3. The van der Waals surface area contributed by atoms with E-state index in [9.17, 15) is 9.59 Å². The van der Waals surface area contributed by atoms with E-state index < -0.39 is 0 Å². The van der Waals surface area contributed by atoms with E-state index in [-0.39, 0.29) is 17.9 Å². The molecule has 0 bridgehead atoms. The lowest BCUT2D eigenvalue weighted by Crippen LogP contribution is -2.45. The van der Waals surface area contributed by atoms with Crippen LogP contribution in [0.25, 0.3) is 5.57 Å². The number of amides is 2. The molecule has 1 saturated carbocycles. The van der Waals surface area contributed by atoms with Crippen LogP contribution in [0.1, 0.15) is 57.9 Å². The van der Waals surface area contributed by atoms with E-state index >= 15 is 0 Å². The number of hydrogen-bond acceptors (Lipinski definition) is 4. The van der Waals surface area contributed by atoms with Crippen LogP contribution in [0.15, 0.2) is 30.0 Å². The molecule has 0 aromatic heterocycles. The monoisotopic (exact) mass is 396 g/mol. The zero-order valence-electron chi connectivity index (χ0n) is 17.8. The molecule has 1 aromatic carbocycles. The van der Waals surface area contributed by atoms with Crippen LogP contribution in [0.2, 0.25) is 0 Å². The third kappa shape index (κ3) is 3.79. The number of nitrogens with zero attached hydrogens (tertiary/aromatic N) is 2. The van der Waals surface area contributed by atoms with E-state index in [4.69, 9.17) is 4.74 Å². The predicted octanol–water partition coefficient (Wildman–Crippen LogP) is 4.09. The lowest BCUT2D eigenvalue weighted by molar-refractivity contribution is -0.141. The van der Waals surface area contributed by atoms with Crippen LogP contribution in [0.5, 0.6) is 5.75 Å². The van der Waals surface area contributed by atoms with Gasteiger partial charge in [-0.25, -0.2) is 0 Å². The number of carbonyl (C=O) groups is 2. The van der Waals surface area contributed by atoms with Gasteiger partial charge >= 0.3 is 0 Å². The molecule has 4 rings (SSSR count). The summed E-state index contributed by atoms with van der Waals surface area (Å²) in [4.78, 5) is 31.0. The summed E-state index contributed by atoms with van der Waals surface area (Å²) in [6.07, 6.45) is 6.38. The maximum atomic E-state index is 13.6. The quantitative estimate of drug-likeness (QED) is 0.720. The minimum Gasteiger partial charge on any atom is -0.497 e. The normalized spacial score (nSPS) is 26.4. The summed E-state index contributed by atoms with van der Waals surface area (Å²) in [5.74, 6) is 1.56. The van der Waals surface area contributed by atoms with Gasteiger partial charge in [-0.05, 0) is 48.8 Å². The van der Waals surface area contributed by atoms with E-state index in [1.807, 2.05) is 24.3 Å². The van der Waals surface area contributed by atoms with Crippen molar-refractivity contribution in [3.63, 3.8) is 0 Å². The van der Waals surface area contributed by atoms with Gasteiger partial charge in [-0.15, -0.1) is 0 Å². The fourth-order valence-corrected chi connectivity index (χ4v) is 5.36. The molecule has 5 nitrogen and oxygen atoms in total. The smallest absolute Gasteiger partial charge is 0.278 e. The molecule has 1 aliphatic carbocycles. The van der Waals surface area contributed by atoms with E-state index in [2.05, 4.69) is 18.7 Å². The fourth-order valence-electron chi connectivity index (χ4n) is 5.36. The molecule has 1 saturated heterocycles. The first-order valence-corrected chi connectivity index (χ1v) is 11.0. The molecule has 2 atom stereocenters. The summed E-state index contributed by atoms with van der Waals surface area (Å²) >= 11 is 0. The van der Waals surface area contributed by atoms with Crippen LogP contribution in [-0.4, -0.2) is 47.9 Å². The van der Waals surface area contributed by atoms with E-state index in [1.54, 1.807) is 12.0 Å². The van der Waals surface area contributed by atoms with Gasteiger partial charge in [0, 0.05) is 19.1 Å². The lowest BCUT2D eigenvalue weighted by Gasteiger charge is -2.37. The summed E-state index contributed by atoms with van der Waals surface area (Å²) in [5.41, 5.74) is 2.00. The van der Waals surface area contributed by atoms with Crippen LogP contribution in [0, 0.1) is 11.8 Å². The van der Waals surface area contributed by atoms with Gasteiger partial charge in [0.15, 0.2) is 0 Å². The van der Waals surface area contributed by atoms with E-state index in [0.29, 0.717) is 23.1 Å². The Morgan fingerprint density at radius 3 is 2.10 bits per heavy atom. The van der Waals surface area contributed by atoms with Gasteiger partial charge in [-0.2, -0.15) is 0 Å². The van der Waals surface area contributed by atoms with Crippen LogP contribution < -0.4 is 4.74 Å². The van der Waals surface area contributed by atoms with Gasteiger partial charge in [-0.3, -0.25) is 14.5 Å². The molecule has 3 aliphatic rings. The van der Waals surface area contributed by atoms with Crippen molar-refractivity contribution in [1.82, 2.24) is 9.80 Å². The molecular formula is C24H32N2O3. The van der Waals surface area contributed by atoms with Gasteiger partial charge in [-0.1, -0.05) is 45.2 Å². The maximum absolute atomic E-state index is 13.6. The fraction of sp³-hybridized carbons (Fsp3) is 0.583. The molecular weight excluding hydrogens is 364 g/mol. The number of hydrogen-bond donors (Lipinski definition) is 0. The third-order valence-corrected chi connectivity index (χ3v) is 6.59. The average Bonchev–Trinajstić information content (AvgIpc) is 2.98. The molecule has 2 unspecified atom stereocenters. The lowest BCUT2D eigenvalue weighted by atomic mass is 9.91. The van der Waals surface area contributed by atoms with Crippen molar-refractivity contribution in [2.75, 3.05) is 20.2 Å². The first kappa shape index (κ1) is 20.0. The topological polar surface area (TPSA) is 49.9 Å². The van der Waals surface area contributed by atoms with E-state index in [1.165, 1.54) is 6.42 Å². The average molecular weight is 397 g/mol. The van der Waals surface area contributed by atoms with Crippen molar-refractivity contribution >= 4 is 17.4 Å². The van der Waals surface area contributed by atoms with Gasteiger partial charge in [0.1, 0.15) is 11.4 Å². The molecule has 2 heterocycles. The van der Waals surface area contributed by atoms with Gasteiger partial charge in [0.25, 0.3) is 11.8 Å². The van der Waals surface area contributed by atoms with Crippen molar-refractivity contribution < 1.29 is 14.3 Å². The zero-order chi connectivity index (χ0) is 20.5. The molecule has 1 aromatic rings. The van der Waals surface area contributed by atoms with Crippen LogP contribution in [-0.2, 0) is 9.59 Å². The van der Waals surface area contributed by atoms with Crippen molar-refractivity contribution in [3.05, 3.63) is 35.5 Å². The first-order chi connectivity index (χ1) is 14.0. The highest BCUT2D eigenvalue weighted by Gasteiger charge is 2.45. The Morgan fingerprint density at radius 1 is 0.897 bits per heavy atom. The highest BCUT2D eigenvalue weighted by atomic mass is 16.5. The Labute approximate surface area is 173 Å². The molecule has 0 radical (unpaired) electrons. The molecule has 2 amide bonds. The SMILES string of the molecule is COc1ccc(C2=C(N3CC(C)CC(C)C3)C(=O)N(C3CCCCC3)C2=O)cc1. The number of benzene rings is 1. The maximum Gasteiger partial charge on any atom is 0.278 e. The molecule has 0 spiro atoms. The minimum atomic E-state index is -0.118. The molecule has 2 fully saturated rings. The predicted molar refractivity (Wildman–Crippen MR) is 113 cm³/mol. The van der Waals surface area contributed by atoms with Crippen molar-refractivity contribution in [2.45, 2.75) is 58.4 Å². The molecule has 156 valence electrons. The third-order valence-electron chi connectivity index (χ3n) is 6.59. The van der Waals surface area contributed by atoms with Gasteiger partial charge < -0.3 is 9.64 Å². The summed E-state index contributed by atoms with van der Waals surface area (Å²) in [6, 6.07) is 7.57. The number of methoxy groups -OCH3 is 1. The van der Waals surface area contributed by atoms with E-state index in [0.717, 1.165) is 56.5 Å². The van der Waals surface area contributed by atoms with Gasteiger partial charge in [0.2, 0.25) is 0 Å². The highest BCUT2D eigenvalue weighted by Crippen LogP contribution is 2.38. The second-order valence-electron chi connectivity index (χ2n) is 9.08. The summed E-state index contributed by atoms with van der Waals surface area (Å²) in [7, 11) is 1.63. The van der Waals surface area contributed by atoms with Gasteiger partial charge in [0.05, 0.1) is 12.7 Å². The minimum absolute atomic E-state index is 0.0362.